The fraction of sp³-hybridized carbons (Fsp3) is 0.0600. The molecular weight excluding hydrogens is 659 g/mol. The summed E-state index contributed by atoms with van der Waals surface area (Å²) in [6, 6.07) is 57.8. The molecule has 1 aliphatic rings. The second-order valence-electron chi connectivity index (χ2n) is 14.8. The number of rotatable bonds is 4. The molecule has 0 N–H and O–H groups in total. The van der Waals surface area contributed by atoms with Gasteiger partial charge in [0.05, 0.1) is 0 Å². The number of fused-ring (bicyclic) bond motifs is 9. The molecule has 10 aromatic rings. The van der Waals surface area contributed by atoms with Gasteiger partial charge in [0.2, 0.25) is 0 Å². The van der Waals surface area contributed by atoms with Gasteiger partial charge in [-0.3, -0.25) is 0 Å². The first-order valence-electron chi connectivity index (χ1n) is 18.4. The molecule has 0 radical (unpaired) electrons. The zero-order valence-electron chi connectivity index (χ0n) is 29.8. The van der Waals surface area contributed by atoms with Crippen LogP contribution >= 0.6 is 0 Å². The molecule has 2 heterocycles. The van der Waals surface area contributed by atoms with E-state index in [2.05, 4.69) is 153 Å². The highest BCUT2D eigenvalue weighted by atomic mass is 16.3. The molecule has 4 nitrogen and oxygen atoms in total. The van der Waals surface area contributed by atoms with E-state index in [9.17, 15) is 0 Å². The SMILES string of the molecule is CC1(C)c2ccccc2-c2cc3ccc4c(-c5nc(-c6cccc(-c7ccccc7)c6)nc(-c6ccc7c(c6)oc6ccccc67)n5)cccc4c3cc21. The van der Waals surface area contributed by atoms with Gasteiger partial charge in [-0.25, -0.2) is 15.0 Å². The van der Waals surface area contributed by atoms with Gasteiger partial charge in [-0.15, -0.1) is 0 Å². The first-order valence-corrected chi connectivity index (χ1v) is 18.4. The van der Waals surface area contributed by atoms with Gasteiger partial charge in [0.1, 0.15) is 11.2 Å². The Labute approximate surface area is 312 Å². The van der Waals surface area contributed by atoms with E-state index in [0.717, 1.165) is 55.1 Å². The van der Waals surface area contributed by atoms with Gasteiger partial charge in [-0.2, -0.15) is 0 Å². The van der Waals surface area contributed by atoms with Crippen molar-refractivity contribution in [2.24, 2.45) is 0 Å². The Bertz CT molecular complexity index is 3140. The minimum atomic E-state index is -0.0901. The maximum atomic E-state index is 6.30. The molecule has 254 valence electrons. The van der Waals surface area contributed by atoms with Crippen molar-refractivity contribution in [1.82, 2.24) is 15.0 Å². The van der Waals surface area contributed by atoms with Crippen LogP contribution < -0.4 is 0 Å². The van der Waals surface area contributed by atoms with Crippen molar-refractivity contribution in [2.75, 3.05) is 0 Å². The van der Waals surface area contributed by atoms with Gasteiger partial charge in [-0.05, 0) is 91.3 Å². The van der Waals surface area contributed by atoms with E-state index in [4.69, 9.17) is 19.4 Å². The van der Waals surface area contributed by atoms with Crippen LogP contribution in [0.4, 0.5) is 0 Å². The van der Waals surface area contributed by atoms with Crippen molar-refractivity contribution in [3.05, 3.63) is 175 Å². The van der Waals surface area contributed by atoms with Crippen LogP contribution in [0.3, 0.4) is 0 Å². The molecule has 0 amide bonds. The lowest BCUT2D eigenvalue weighted by Crippen LogP contribution is -2.14. The molecule has 8 aromatic carbocycles. The monoisotopic (exact) mass is 691 g/mol. The first kappa shape index (κ1) is 30.7. The molecule has 0 unspecified atom stereocenters. The number of hydrogen-bond donors (Lipinski definition) is 0. The number of para-hydroxylation sites is 1. The van der Waals surface area contributed by atoms with E-state index in [1.54, 1.807) is 0 Å². The van der Waals surface area contributed by atoms with Crippen LogP contribution in [-0.2, 0) is 5.41 Å². The smallest absolute Gasteiger partial charge is 0.164 e. The zero-order chi connectivity index (χ0) is 36.0. The largest absolute Gasteiger partial charge is 0.456 e. The van der Waals surface area contributed by atoms with Crippen molar-refractivity contribution in [1.29, 1.82) is 0 Å². The Hall–Kier alpha value is -6.91. The van der Waals surface area contributed by atoms with Crippen molar-refractivity contribution in [2.45, 2.75) is 19.3 Å². The summed E-state index contributed by atoms with van der Waals surface area (Å²) in [5, 5.41) is 6.90. The van der Waals surface area contributed by atoms with E-state index in [1.807, 2.05) is 24.3 Å². The lowest BCUT2D eigenvalue weighted by atomic mass is 9.81. The second kappa shape index (κ2) is 11.5. The van der Waals surface area contributed by atoms with Crippen molar-refractivity contribution in [3.63, 3.8) is 0 Å². The topological polar surface area (TPSA) is 51.8 Å². The third kappa shape index (κ3) is 4.66. The summed E-state index contributed by atoms with van der Waals surface area (Å²) in [4.78, 5) is 15.6. The van der Waals surface area contributed by atoms with Crippen LogP contribution in [0.25, 0.3) is 99.9 Å². The summed E-state index contributed by atoms with van der Waals surface area (Å²) in [6.07, 6.45) is 0. The van der Waals surface area contributed by atoms with Crippen LogP contribution in [0.1, 0.15) is 25.0 Å². The molecule has 54 heavy (non-hydrogen) atoms. The summed E-state index contributed by atoms with van der Waals surface area (Å²) in [6.45, 7) is 4.67. The molecule has 4 heteroatoms. The fourth-order valence-electron chi connectivity index (χ4n) is 8.57. The molecule has 0 atom stereocenters. The predicted octanol–water partition coefficient (Wildman–Crippen LogP) is 13.1. The van der Waals surface area contributed by atoms with E-state index in [1.165, 1.54) is 38.4 Å². The summed E-state index contributed by atoms with van der Waals surface area (Å²) in [5.41, 5.74) is 12.0. The highest BCUT2D eigenvalue weighted by Crippen LogP contribution is 2.50. The number of benzene rings is 8. The lowest BCUT2D eigenvalue weighted by molar-refractivity contribution is 0.661. The number of nitrogens with zero attached hydrogens (tertiary/aromatic N) is 3. The molecule has 0 saturated heterocycles. The fourth-order valence-corrected chi connectivity index (χ4v) is 8.57. The Kier molecular flexibility index (Phi) is 6.56. The average molecular weight is 692 g/mol. The van der Waals surface area contributed by atoms with E-state index < -0.39 is 0 Å². The van der Waals surface area contributed by atoms with Gasteiger partial charge < -0.3 is 4.42 Å². The standard InChI is InChI=1S/C50H33N3O/c1-50(2)43-20-8-6-16-37(43)42-27-32-22-24-36-35(41(32)29-44(42)50)18-11-19-40(36)49-52-47(33-15-10-14-31(26-33)30-12-4-3-5-13-30)51-48(53-49)34-23-25-39-38-17-7-9-21-45(38)54-46(39)28-34/h3-29H,1-2H3. The molecule has 0 aliphatic heterocycles. The first-order chi connectivity index (χ1) is 26.5. The van der Waals surface area contributed by atoms with Crippen molar-refractivity contribution >= 4 is 43.5 Å². The third-order valence-corrected chi connectivity index (χ3v) is 11.3. The molecule has 0 spiro atoms. The average Bonchev–Trinajstić information content (AvgIpc) is 3.71. The minimum Gasteiger partial charge on any atom is -0.456 e. The molecule has 0 bridgehead atoms. The minimum absolute atomic E-state index is 0.0901. The summed E-state index contributed by atoms with van der Waals surface area (Å²) >= 11 is 0. The van der Waals surface area contributed by atoms with Crippen LogP contribution in [0.5, 0.6) is 0 Å². The highest BCUT2D eigenvalue weighted by molar-refractivity contribution is 6.13. The molecular formula is C50H33N3O. The molecule has 0 fully saturated rings. The quantitative estimate of drug-likeness (QED) is 0.172. The maximum Gasteiger partial charge on any atom is 0.164 e. The molecule has 0 saturated carbocycles. The van der Waals surface area contributed by atoms with Crippen LogP contribution in [0.15, 0.2) is 168 Å². The lowest BCUT2D eigenvalue weighted by Gasteiger charge is -2.22. The van der Waals surface area contributed by atoms with E-state index in [0.29, 0.717) is 17.5 Å². The van der Waals surface area contributed by atoms with Gasteiger partial charge in [0.25, 0.3) is 0 Å². The molecule has 1 aliphatic carbocycles. The maximum absolute atomic E-state index is 6.30. The van der Waals surface area contributed by atoms with Crippen LogP contribution in [0.2, 0.25) is 0 Å². The Balaban J connectivity index is 1.12. The second-order valence-corrected chi connectivity index (χ2v) is 14.8. The number of furan rings is 1. The van der Waals surface area contributed by atoms with E-state index in [-0.39, 0.29) is 5.41 Å². The van der Waals surface area contributed by atoms with Crippen molar-refractivity contribution in [3.8, 4) is 56.4 Å². The normalized spacial score (nSPS) is 13.1. The van der Waals surface area contributed by atoms with Gasteiger partial charge >= 0.3 is 0 Å². The Morgan fingerprint density at radius 2 is 1.02 bits per heavy atom. The Morgan fingerprint density at radius 3 is 1.91 bits per heavy atom. The number of aromatic nitrogens is 3. The summed E-state index contributed by atoms with van der Waals surface area (Å²) < 4.78 is 6.30. The van der Waals surface area contributed by atoms with Gasteiger partial charge in [0, 0.05) is 32.9 Å². The van der Waals surface area contributed by atoms with Crippen LogP contribution in [0, 0.1) is 0 Å². The van der Waals surface area contributed by atoms with E-state index >= 15 is 0 Å². The third-order valence-electron chi connectivity index (χ3n) is 11.3. The van der Waals surface area contributed by atoms with Gasteiger partial charge in [0.15, 0.2) is 17.5 Å². The van der Waals surface area contributed by atoms with Crippen LogP contribution in [-0.4, -0.2) is 15.0 Å². The van der Waals surface area contributed by atoms with Gasteiger partial charge in [-0.1, -0.05) is 141 Å². The molecule has 11 rings (SSSR count). The highest BCUT2D eigenvalue weighted by Gasteiger charge is 2.35. The number of hydrogen-bond acceptors (Lipinski definition) is 4. The summed E-state index contributed by atoms with van der Waals surface area (Å²) in [5.74, 6) is 1.84. The Morgan fingerprint density at radius 1 is 0.370 bits per heavy atom. The predicted molar refractivity (Wildman–Crippen MR) is 221 cm³/mol. The summed E-state index contributed by atoms with van der Waals surface area (Å²) in [7, 11) is 0. The molecule has 2 aromatic heterocycles. The zero-order valence-corrected chi connectivity index (χ0v) is 29.8. The van der Waals surface area contributed by atoms with Crippen molar-refractivity contribution < 1.29 is 4.42 Å².